The Bertz CT molecular complexity index is 434. The van der Waals surface area contributed by atoms with Crippen molar-refractivity contribution in [3.8, 4) is 0 Å². The van der Waals surface area contributed by atoms with Gasteiger partial charge in [-0.05, 0) is 25.5 Å². The fourth-order valence-corrected chi connectivity index (χ4v) is 2.27. The first-order valence-corrected chi connectivity index (χ1v) is 6.95. The standard InChI is InChI=1S/C15H22N2O2/c1-3-8-16-14-7-5-4-6-13(14)15(18)17-9-10-19-11-12(17)2/h4-7,12,16H,3,8-11H2,1-2H3/t12-/m1/s1. The van der Waals surface area contributed by atoms with Crippen LogP contribution in [0.25, 0.3) is 0 Å². The first kappa shape index (κ1) is 13.9. The summed E-state index contributed by atoms with van der Waals surface area (Å²) in [5.41, 5.74) is 1.68. The smallest absolute Gasteiger partial charge is 0.256 e. The third kappa shape index (κ3) is 3.26. The summed E-state index contributed by atoms with van der Waals surface area (Å²) in [7, 11) is 0. The van der Waals surface area contributed by atoms with Crippen molar-refractivity contribution in [2.75, 3.05) is 31.6 Å². The van der Waals surface area contributed by atoms with Crippen LogP contribution in [0.4, 0.5) is 5.69 Å². The Labute approximate surface area is 114 Å². The summed E-state index contributed by atoms with van der Waals surface area (Å²) in [6, 6.07) is 7.87. The maximum Gasteiger partial charge on any atom is 0.256 e. The molecule has 1 amide bonds. The summed E-state index contributed by atoms with van der Waals surface area (Å²) in [6.45, 7) is 6.93. The molecule has 1 aliphatic heterocycles. The van der Waals surface area contributed by atoms with Crippen molar-refractivity contribution >= 4 is 11.6 Å². The lowest BCUT2D eigenvalue weighted by atomic mass is 10.1. The Balaban J connectivity index is 2.17. The second-order valence-corrected chi connectivity index (χ2v) is 4.89. The second-order valence-electron chi connectivity index (χ2n) is 4.89. The van der Waals surface area contributed by atoms with Crippen molar-refractivity contribution in [3.63, 3.8) is 0 Å². The minimum absolute atomic E-state index is 0.0926. The molecule has 1 aromatic carbocycles. The molecular formula is C15H22N2O2. The van der Waals surface area contributed by atoms with Crippen LogP contribution in [0.1, 0.15) is 30.6 Å². The molecule has 0 aromatic heterocycles. The van der Waals surface area contributed by atoms with E-state index in [-0.39, 0.29) is 11.9 Å². The molecule has 1 aromatic rings. The zero-order valence-electron chi connectivity index (χ0n) is 11.7. The number of carbonyl (C=O) groups excluding carboxylic acids is 1. The minimum Gasteiger partial charge on any atom is -0.384 e. The van der Waals surface area contributed by atoms with E-state index in [0.29, 0.717) is 19.8 Å². The van der Waals surface area contributed by atoms with Crippen molar-refractivity contribution in [1.82, 2.24) is 4.90 Å². The molecule has 0 unspecified atom stereocenters. The molecule has 0 bridgehead atoms. The van der Waals surface area contributed by atoms with Crippen LogP contribution >= 0.6 is 0 Å². The normalized spacial score (nSPS) is 19.3. The van der Waals surface area contributed by atoms with Crippen LogP contribution in [0, 0.1) is 0 Å². The van der Waals surface area contributed by atoms with Crippen molar-refractivity contribution < 1.29 is 9.53 Å². The predicted molar refractivity (Wildman–Crippen MR) is 76.5 cm³/mol. The predicted octanol–water partition coefficient (Wildman–Crippen LogP) is 2.37. The Morgan fingerprint density at radius 3 is 3.00 bits per heavy atom. The van der Waals surface area contributed by atoms with Gasteiger partial charge in [0.05, 0.1) is 24.8 Å². The van der Waals surface area contributed by atoms with E-state index >= 15 is 0 Å². The van der Waals surface area contributed by atoms with Crippen LogP contribution < -0.4 is 5.32 Å². The van der Waals surface area contributed by atoms with Crippen molar-refractivity contribution in [2.45, 2.75) is 26.3 Å². The van der Waals surface area contributed by atoms with Gasteiger partial charge in [0.25, 0.3) is 5.91 Å². The zero-order chi connectivity index (χ0) is 13.7. The number of nitrogens with one attached hydrogen (secondary N) is 1. The van der Waals surface area contributed by atoms with Gasteiger partial charge in [-0.3, -0.25) is 4.79 Å². The zero-order valence-corrected chi connectivity index (χ0v) is 11.7. The second kappa shape index (κ2) is 6.57. The fourth-order valence-electron chi connectivity index (χ4n) is 2.27. The average Bonchev–Trinajstić information content (AvgIpc) is 2.45. The van der Waals surface area contributed by atoms with Crippen LogP contribution in [-0.2, 0) is 4.74 Å². The fraction of sp³-hybridized carbons (Fsp3) is 0.533. The highest BCUT2D eigenvalue weighted by Crippen LogP contribution is 2.19. The number of rotatable bonds is 4. The third-order valence-corrected chi connectivity index (χ3v) is 3.35. The number of ether oxygens (including phenoxy) is 1. The summed E-state index contributed by atoms with van der Waals surface area (Å²) in [4.78, 5) is 14.5. The Kier molecular flexibility index (Phi) is 4.80. The van der Waals surface area contributed by atoms with Crippen LogP contribution in [0.2, 0.25) is 0 Å². The molecule has 1 atom stereocenters. The lowest BCUT2D eigenvalue weighted by Crippen LogP contribution is -2.47. The van der Waals surface area contributed by atoms with Crippen molar-refractivity contribution in [3.05, 3.63) is 29.8 Å². The SMILES string of the molecule is CCCNc1ccccc1C(=O)N1CCOC[C@H]1C. The molecule has 2 rings (SSSR count). The van der Waals surface area contributed by atoms with Gasteiger partial charge in [-0.2, -0.15) is 0 Å². The van der Waals surface area contributed by atoms with Crippen molar-refractivity contribution in [2.24, 2.45) is 0 Å². The quantitative estimate of drug-likeness (QED) is 0.905. The largest absolute Gasteiger partial charge is 0.384 e. The Morgan fingerprint density at radius 2 is 2.26 bits per heavy atom. The van der Waals surface area contributed by atoms with E-state index in [1.165, 1.54) is 0 Å². The molecule has 0 aliphatic carbocycles. The summed E-state index contributed by atoms with van der Waals surface area (Å²) in [5, 5.41) is 3.32. The molecule has 1 aliphatic rings. The molecule has 19 heavy (non-hydrogen) atoms. The summed E-state index contributed by atoms with van der Waals surface area (Å²) in [6.07, 6.45) is 1.04. The number of anilines is 1. The average molecular weight is 262 g/mol. The lowest BCUT2D eigenvalue weighted by molar-refractivity contribution is 0.00365. The molecule has 104 valence electrons. The van der Waals surface area contributed by atoms with Gasteiger partial charge >= 0.3 is 0 Å². The van der Waals surface area contributed by atoms with Gasteiger partial charge in [0.15, 0.2) is 0 Å². The molecule has 0 radical (unpaired) electrons. The molecule has 4 nitrogen and oxygen atoms in total. The Hall–Kier alpha value is -1.55. The minimum atomic E-state index is 0.0926. The number of amides is 1. The van der Waals surface area contributed by atoms with E-state index in [1.54, 1.807) is 0 Å². The lowest BCUT2D eigenvalue weighted by Gasteiger charge is -2.33. The third-order valence-electron chi connectivity index (χ3n) is 3.35. The van der Waals surface area contributed by atoms with Gasteiger partial charge < -0.3 is 15.0 Å². The number of carbonyl (C=O) groups is 1. The monoisotopic (exact) mass is 262 g/mol. The number of nitrogens with zero attached hydrogens (tertiary/aromatic N) is 1. The first-order chi connectivity index (χ1) is 9.24. The maximum atomic E-state index is 12.6. The maximum absolute atomic E-state index is 12.6. The van der Waals surface area contributed by atoms with Crippen LogP contribution in [0.15, 0.2) is 24.3 Å². The molecular weight excluding hydrogens is 240 g/mol. The first-order valence-electron chi connectivity index (χ1n) is 6.95. The van der Waals surface area contributed by atoms with Gasteiger partial charge in [-0.15, -0.1) is 0 Å². The topological polar surface area (TPSA) is 41.6 Å². The van der Waals surface area contributed by atoms with E-state index in [0.717, 1.165) is 24.2 Å². The molecule has 1 fully saturated rings. The van der Waals surface area contributed by atoms with Crippen molar-refractivity contribution in [1.29, 1.82) is 0 Å². The number of para-hydroxylation sites is 1. The van der Waals surface area contributed by atoms with E-state index in [4.69, 9.17) is 4.74 Å². The van der Waals surface area contributed by atoms with Crippen LogP contribution in [-0.4, -0.2) is 43.2 Å². The van der Waals surface area contributed by atoms with Gasteiger partial charge in [-0.1, -0.05) is 19.1 Å². The molecule has 1 N–H and O–H groups in total. The number of hydrogen-bond acceptors (Lipinski definition) is 3. The van der Waals surface area contributed by atoms with E-state index in [9.17, 15) is 4.79 Å². The molecule has 4 heteroatoms. The summed E-state index contributed by atoms with van der Waals surface area (Å²) in [5.74, 6) is 0.0926. The number of benzene rings is 1. The van der Waals surface area contributed by atoms with Crippen LogP contribution in [0.3, 0.4) is 0 Å². The van der Waals surface area contributed by atoms with E-state index in [2.05, 4.69) is 12.2 Å². The van der Waals surface area contributed by atoms with E-state index in [1.807, 2.05) is 36.1 Å². The Morgan fingerprint density at radius 1 is 1.47 bits per heavy atom. The highest BCUT2D eigenvalue weighted by atomic mass is 16.5. The number of morpholine rings is 1. The van der Waals surface area contributed by atoms with Gasteiger partial charge in [0, 0.05) is 18.8 Å². The van der Waals surface area contributed by atoms with Gasteiger partial charge in [-0.25, -0.2) is 0 Å². The molecule has 1 heterocycles. The summed E-state index contributed by atoms with van der Waals surface area (Å²) < 4.78 is 5.38. The van der Waals surface area contributed by atoms with Gasteiger partial charge in [0.2, 0.25) is 0 Å². The molecule has 0 spiro atoms. The molecule has 1 saturated heterocycles. The highest BCUT2D eigenvalue weighted by molar-refractivity contribution is 5.99. The summed E-state index contributed by atoms with van der Waals surface area (Å²) >= 11 is 0. The van der Waals surface area contributed by atoms with Gasteiger partial charge in [0.1, 0.15) is 0 Å². The van der Waals surface area contributed by atoms with E-state index < -0.39 is 0 Å². The van der Waals surface area contributed by atoms with Crippen LogP contribution in [0.5, 0.6) is 0 Å². The highest BCUT2D eigenvalue weighted by Gasteiger charge is 2.25. The number of hydrogen-bond donors (Lipinski definition) is 1. The molecule has 0 saturated carbocycles.